The van der Waals surface area contributed by atoms with Gasteiger partial charge in [-0.15, -0.1) is 0 Å². The van der Waals surface area contributed by atoms with E-state index < -0.39 is 4.92 Å². The molecule has 0 fully saturated rings. The first-order valence-electron chi connectivity index (χ1n) is 8.68. The summed E-state index contributed by atoms with van der Waals surface area (Å²) in [5, 5.41) is 14.0. The number of nitro groups is 1. The van der Waals surface area contributed by atoms with Crippen molar-refractivity contribution in [2.24, 2.45) is 0 Å². The summed E-state index contributed by atoms with van der Waals surface area (Å²) >= 11 is 0. The maximum Gasteiger partial charge on any atom is 0.273 e. The number of nitro benzene ring substituents is 1. The molecule has 0 saturated carbocycles. The van der Waals surface area contributed by atoms with Crippen molar-refractivity contribution in [3.8, 4) is 0 Å². The highest BCUT2D eigenvalue weighted by atomic mass is 16.6. The van der Waals surface area contributed by atoms with Gasteiger partial charge in [0.25, 0.3) is 5.69 Å². The minimum atomic E-state index is -0.449. The molecule has 1 aliphatic rings. The first-order chi connectivity index (χ1) is 12.0. The van der Waals surface area contributed by atoms with E-state index >= 15 is 0 Å². The molecule has 25 heavy (non-hydrogen) atoms. The van der Waals surface area contributed by atoms with Gasteiger partial charge in [-0.25, -0.2) is 0 Å². The van der Waals surface area contributed by atoms with Crippen LogP contribution in [0.4, 0.5) is 5.69 Å². The van der Waals surface area contributed by atoms with Gasteiger partial charge in [-0.05, 0) is 49.3 Å². The number of rotatable bonds is 5. The summed E-state index contributed by atoms with van der Waals surface area (Å²) in [7, 11) is 0. The van der Waals surface area contributed by atoms with Crippen molar-refractivity contribution in [2.45, 2.75) is 45.1 Å². The zero-order chi connectivity index (χ0) is 17.8. The smallest absolute Gasteiger partial charge is 0.273 e. The van der Waals surface area contributed by atoms with E-state index in [1.54, 1.807) is 18.2 Å². The highest BCUT2D eigenvalue weighted by Gasteiger charge is 2.18. The van der Waals surface area contributed by atoms with E-state index in [0.717, 1.165) is 18.4 Å². The molecule has 0 unspecified atom stereocenters. The molecule has 0 heterocycles. The van der Waals surface area contributed by atoms with Gasteiger partial charge >= 0.3 is 0 Å². The number of fused-ring (bicyclic) bond motifs is 1. The Morgan fingerprint density at radius 2 is 1.88 bits per heavy atom. The lowest BCUT2D eigenvalue weighted by molar-refractivity contribution is -0.385. The number of aryl methyl sites for hydroxylation is 2. The largest absolute Gasteiger partial charge is 0.349 e. The van der Waals surface area contributed by atoms with E-state index in [2.05, 4.69) is 23.5 Å². The van der Waals surface area contributed by atoms with Crippen LogP contribution in [0, 0.1) is 10.1 Å². The molecule has 0 spiro atoms. The Balaban J connectivity index is 1.68. The normalized spacial score (nSPS) is 14.4. The van der Waals surface area contributed by atoms with E-state index in [-0.39, 0.29) is 24.1 Å². The number of nitrogens with one attached hydrogen (secondary N) is 1. The summed E-state index contributed by atoms with van der Waals surface area (Å²) in [6.07, 6.45) is 4.70. The van der Waals surface area contributed by atoms with E-state index in [1.165, 1.54) is 30.0 Å². The van der Waals surface area contributed by atoms with Crippen molar-refractivity contribution < 1.29 is 9.72 Å². The van der Waals surface area contributed by atoms with Crippen LogP contribution in [0.1, 0.15) is 48.1 Å². The number of nitrogens with zero attached hydrogens (tertiary/aromatic N) is 1. The highest BCUT2D eigenvalue weighted by Crippen LogP contribution is 2.25. The number of para-hydroxylation sites is 1. The Morgan fingerprint density at radius 1 is 1.16 bits per heavy atom. The summed E-state index contributed by atoms with van der Waals surface area (Å²) in [6, 6.07) is 12.7. The molecular formula is C20H22N2O3. The molecular weight excluding hydrogens is 316 g/mol. The molecule has 0 saturated heterocycles. The molecule has 0 bridgehead atoms. The van der Waals surface area contributed by atoms with Crippen LogP contribution in [-0.2, 0) is 24.1 Å². The molecule has 1 amide bonds. The molecule has 5 heteroatoms. The van der Waals surface area contributed by atoms with Crippen molar-refractivity contribution in [1.82, 2.24) is 5.32 Å². The number of carbonyl (C=O) groups excluding carboxylic acids is 1. The van der Waals surface area contributed by atoms with Crippen LogP contribution in [-0.4, -0.2) is 10.8 Å². The first kappa shape index (κ1) is 17.1. The Labute approximate surface area is 147 Å². The van der Waals surface area contributed by atoms with Crippen LogP contribution in [0.15, 0.2) is 42.5 Å². The van der Waals surface area contributed by atoms with Gasteiger partial charge in [0.05, 0.1) is 17.4 Å². The van der Waals surface area contributed by atoms with E-state index in [0.29, 0.717) is 5.56 Å². The number of hydrogen-bond acceptors (Lipinski definition) is 3. The van der Waals surface area contributed by atoms with Crippen molar-refractivity contribution >= 4 is 11.6 Å². The second kappa shape index (κ2) is 7.47. The molecule has 1 N–H and O–H groups in total. The quantitative estimate of drug-likeness (QED) is 0.664. The lowest BCUT2D eigenvalue weighted by atomic mass is 9.89. The zero-order valence-corrected chi connectivity index (χ0v) is 14.3. The van der Waals surface area contributed by atoms with Crippen molar-refractivity contribution in [1.29, 1.82) is 0 Å². The van der Waals surface area contributed by atoms with Gasteiger partial charge in [-0.2, -0.15) is 0 Å². The SMILES string of the molecule is C[C@@H](NC(=O)Cc1ccccc1[N+](=O)[O-])c1ccc2c(c1)CCCC2. The second-order valence-corrected chi connectivity index (χ2v) is 6.59. The third-order valence-corrected chi connectivity index (χ3v) is 4.79. The van der Waals surface area contributed by atoms with Gasteiger partial charge < -0.3 is 5.32 Å². The van der Waals surface area contributed by atoms with Gasteiger partial charge in [0.1, 0.15) is 0 Å². The van der Waals surface area contributed by atoms with Gasteiger partial charge in [0.2, 0.25) is 5.91 Å². The van der Waals surface area contributed by atoms with Crippen molar-refractivity contribution in [3.63, 3.8) is 0 Å². The van der Waals surface area contributed by atoms with Gasteiger partial charge in [-0.1, -0.05) is 36.4 Å². The Bertz CT molecular complexity index is 801. The maximum atomic E-state index is 12.3. The van der Waals surface area contributed by atoms with Crippen LogP contribution >= 0.6 is 0 Å². The molecule has 130 valence electrons. The summed E-state index contributed by atoms with van der Waals surface area (Å²) < 4.78 is 0. The fraction of sp³-hybridized carbons (Fsp3) is 0.350. The molecule has 2 aromatic rings. The van der Waals surface area contributed by atoms with E-state index in [4.69, 9.17) is 0 Å². The van der Waals surface area contributed by atoms with E-state index in [9.17, 15) is 14.9 Å². The van der Waals surface area contributed by atoms with Crippen LogP contribution < -0.4 is 5.32 Å². The Hall–Kier alpha value is -2.69. The molecule has 3 rings (SSSR count). The summed E-state index contributed by atoms with van der Waals surface area (Å²) in [6.45, 7) is 1.95. The van der Waals surface area contributed by atoms with Gasteiger partial charge in [0.15, 0.2) is 0 Å². The Kier molecular flexibility index (Phi) is 5.12. The predicted octanol–water partition coefficient (Wildman–Crippen LogP) is 3.89. The third-order valence-electron chi connectivity index (χ3n) is 4.79. The third kappa shape index (κ3) is 4.05. The predicted molar refractivity (Wildman–Crippen MR) is 96.4 cm³/mol. The van der Waals surface area contributed by atoms with Crippen LogP contribution in [0.5, 0.6) is 0 Å². The molecule has 5 nitrogen and oxygen atoms in total. The molecule has 0 radical (unpaired) electrons. The van der Waals surface area contributed by atoms with Crippen molar-refractivity contribution in [3.05, 3.63) is 74.8 Å². The fourth-order valence-electron chi connectivity index (χ4n) is 3.41. The number of amides is 1. The zero-order valence-electron chi connectivity index (χ0n) is 14.3. The number of benzene rings is 2. The molecule has 0 aliphatic heterocycles. The van der Waals surface area contributed by atoms with Gasteiger partial charge in [-0.3, -0.25) is 14.9 Å². The van der Waals surface area contributed by atoms with Crippen molar-refractivity contribution in [2.75, 3.05) is 0 Å². The molecule has 0 aromatic heterocycles. The summed E-state index contributed by atoms with van der Waals surface area (Å²) in [4.78, 5) is 22.9. The van der Waals surface area contributed by atoms with Crippen LogP contribution in [0.2, 0.25) is 0 Å². The number of hydrogen-bond donors (Lipinski definition) is 1. The number of carbonyl (C=O) groups is 1. The minimum Gasteiger partial charge on any atom is -0.349 e. The average Bonchev–Trinajstić information content (AvgIpc) is 2.61. The standard InChI is InChI=1S/C20H22N2O3/c1-14(16-11-10-15-6-2-3-7-17(15)12-16)21-20(23)13-18-8-4-5-9-19(18)22(24)25/h4-5,8-12,14H,2-3,6-7,13H2,1H3,(H,21,23)/t14-/m1/s1. The topological polar surface area (TPSA) is 72.2 Å². The van der Waals surface area contributed by atoms with Gasteiger partial charge in [0, 0.05) is 11.6 Å². The van der Waals surface area contributed by atoms with E-state index in [1.807, 2.05) is 6.92 Å². The average molecular weight is 338 g/mol. The monoisotopic (exact) mass is 338 g/mol. The summed E-state index contributed by atoms with van der Waals surface area (Å²) in [5.74, 6) is -0.209. The molecule has 1 atom stereocenters. The Morgan fingerprint density at radius 3 is 2.64 bits per heavy atom. The molecule has 2 aromatic carbocycles. The summed E-state index contributed by atoms with van der Waals surface area (Å²) in [5.41, 5.74) is 4.29. The van der Waals surface area contributed by atoms with Crippen LogP contribution in [0.25, 0.3) is 0 Å². The molecule has 1 aliphatic carbocycles. The fourth-order valence-corrected chi connectivity index (χ4v) is 3.41. The lowest BCUT2D eigenvalue weighted by Crippen LogP contribution is -2.28. The lowest BCUT2D eigenvalue weighted by Gasteiger charge is -2.20. The maximum absolute atomic E-state index is 12.3. The van der Waals surface area contributed by atoms with Crippen LogP contribution in [0.3, 0.4) is 0 Å². The highest BCUT2D eigenvalue weighted by molar-refractivity contribution is 5.80. The minimum absolute atomic E-state index is 0.00638. The first-order valence-corrected chi connectivity index (χ1v) is 8.68. The second-order valence-electron chi connectivity index (χ2n) is 6.59.